The van der Waals surface area contributed by atoms with Gasteiger partial charge in [0.25, 0.3) is 11.8 Å². The summed E-state index contributed by atoms with van der Waals surface area (Å²) in [7, 11) is 0. The van der Waals surface area contributed by atoms with Gasteiger partial charge >= 0.3 is 6.03 Å². The van der Waals surface area contributed by atoms with Crippen LogP contribution in [-0.4, -0.2) is 54.9 Å². The van der Waals surface area contributed by atoms with Crippen LogP contribution in [0.5, 0.6) is 17.2 Å². The van der Waals surface area contributed by atoms with E-state index >= 15 is 0 Å². The molecule has 1 saturated heterocycles. The summed E-state index contributed by atoms with van der Waals surface area (Å²) >= 11 is 0. The second-order valence-electron chi connectivity index (χ2n) is 8.13. The highest BCUT2D eigenvalue weighted by atomic mass is 16.5. The molecule has 170 valence electrons. The first-order valence-electron chi connectivity index (χ1n) is 10.5. The molecule has 0 radical (unpaired) electrons. The maximum Gasteiger partial charge on any atom is 0.325 e. The first-order chi connectivity index (χ1) is 15.8. The summed E-state index contributed by atoms with van der Waals surface area (Å²) in [5, 5.41) is 5.33. The van der Waals surface area contributed by atoms with Crippen molar-refractivity contribution < 1.29 is 33.4 Å². The topological polar surface area (TPSA) is 123 Å². The van der Waals surface area contributed by atoms with Gasteiger partial charge < -0.3 is 24.8 Å². The molecule has 3 heterocycles. The lowest BCUT2D eigenvalue weighted by atomic mass is 9.91. The minimum Gasteiger partial charge on any atom is -0.490 e. The molecule has 0 aliphatic carbocycles. The molecular weight excluding hydrogens is 430 g/mol. The summed E-state index contributed by atoms with van der Waals surface area (Å²) in [5.74, 6) is 0.192. The molecule has 1 fully saturated rings. The van der Waals surface area contributed by atoms with Crippen LogP contribution >= 0.6 is 0 Å². The third-order valence-corrected chi connectivity index (χ3v) is 5.84. The Kier molecular flexibility index (Phi) is 4.92. The number of hydrogen-bond acceptors (Lipinski definition) is 7. The number of hydrogen-bond donors (Lipinski definition) is 2. The summed E-state index contributed by atoms with van der Waals surface area (Å²) in [5.41, 5.74) is -0.232. The van der Waals surface area contributed by atoms with Crippen LogP contribution in [0.1, 0.15) is 29.3 Å². The minimum atomic E-state index is -1.36. The molecule has 2 N–H and O–H groups in total. The Morgan fingerprint density at radius 3 is 2.58 bits per heavy atom. The summed E-state index contributed by atoms with van der Waals surface area (Å²) < 4.78 is 16.6. The summed E-state index contributed by atoms with van der Waals surface area (Å²) in [4.78, 5) is 51.2. The second kappa shape index (κ2) is 7.80. The number of nitrogens with one attached hydrogen (secondary N) is 2. The molecule has 10 heteroatoms. The van der Waals surface area contributed by atoms with Crippen molar-refractivity contribution >= 4 is 29.3 Å². The zero-order valence-corrected chi connectivity index (χ0v) is 17.8. The number of carbonyl (C=O) groups is 4. The van der Waals surface area contributed by atoms with Gasteiger partial charge in [0, 0.05) is 12.0 Å². The van der Waals surface area contributed by atoms with Crippen molar-refractivity contribution in [3.8, 4) is 17.2 Å². The predicted molar refractivity (Wildman–Crippen MR) is 115 cm³/mol. The molecule has 3 aliphatic heterocycles. The molecule has 2 aromatic rings. The minimum absolute atomic E-state index is 0.0960. The number of Topliss-reactive ketones (excluding diaryl/α,β-unsaturated/α-hetero) is 1. The highest BCUT2D eigenvalue weighted by Crippen LogP contribution is 2.37. The SMILES string of the molecule is C[C@@]1(c2ccc3c(c2)OCCCO3)NC(=O)N(CC(=O)c2ccc3c(c2)NC(=O)CO3)C1=O. The third kappa shape index (κ3) is 3.63. The van der Waals surface area contributed by atoms with E-state index in [2.05, 4.69) is 10.6 Å². The number of imide groups is 1. The Balaban J connectivity index is 1.37. The molecule has 0 bridgehead atoms. The molecule has 5 rings (SSSR count). The van der Waals surface area contributed by atoms with Crippen molar-refractivity contribution in [2.75, 3.05) is 31.7 Å². The van der Waals surface area contributed by atoms with Crippen LogP contribution in [0.25, 0.3) is 0 Å². The van der Waals surface area contributed by atoms with Gasteiger partial charge in [-0.05, 0) is 42.8 Å². The molecule has 10 nitrogen and oxygen atoms in total. The number of anilines is 1. The number of fused-ring (bicyclic) bond motifs is 2. The van der Waals surface area contributed by atoms with Gasteiger partial charge in [0.2, 0.25) is 0 Å². The van der Waals surface area contributed by atoms with Gasteiger partial charge in [0.1, 0.15) is 11.3 Å². The number of urea groups is 1. The van der Waals surface area contributed by atoms with E-state index in [4.69, 9.17) is 14.2 Å². The zero-order chi connectivity index (χ0) is 23.2. The second-order valence-corrected chi connectivity index (χ2v) is 8.13. The van der Waals surface area contributed by atoms with Crippen molar-refractivity contribution in [3.63, 3.8) is 0 Å². The quantitative estimate of drug-likeness (QED) is 0.537. The van der Waals surface area contributed by atoms with Crippen molar-refractivity contribution in [1.82, 2.24) is 10.2 Å². The number of ketones is 1. The Morgan fingerprint density at radius 1 is 1.00 bits per heavy atom. The van der Waals surface area contributed by atoms with Gasteiger partial charge in [-0.15, -0.1) is 0 Å². The van der Waals surface area contributed by atoms with Crippen LogP contribution in [-0.2, 0) is 15.1 Å². The average molecular weight is 451 g/mol. The van der Waals surface area contributed by atoms with Crippen LogP contribution in [0.4, 0.5) is 10.5 Å². The lowest BCUT2D eigenvalue weighted by Gasteiger charge is -2.23. The predicted octanol–water partition coefficient (Wildman–Crippen LogP) is 1.83. The van der Waals surface area contributed by atoms with Crippen LogP contribution in [0, 0.1) is 0 Å². The molecule has 33 heavy (non-hydrogen) atoms. The number of rotatable bonds is 4. The molecule has 4 amide bonds. The number of benzene rings is 2. The van der Waals surface area contributed by atoms with Crippen molar-refractivity contribution in [2.45, 2.75) is 18.9 Å². The molecule has 0 unspecified atom stereocenters. The van der Waals surface area contributed by atoms with E-state index in [0.717, 1.165) is 11.3 Å². The van der Waals surface area contributed by atoms with Crippen LogP contribution in [0.15, 0.2) is 36.4 Å². The van der Waals surface area contributed by atoms with Crippen molar-refractivity contribution in [1.29, 1.82) is 0 Å². The Labute approximate surface area is 188 Å². The van der Waals surface area contributed by atoms with E-state index in [1.807, 2.05) is 0 Å². The largest absolute Gasteiger partial charge is 0.490 e. The van der Waals surface area contributed by atoms with Gasteiger partial charge in [-0.1, -0.05) is 6.07 Å². The maximum atomic E-state index is 13.3. The van der Waals surface area contributed by atoms with Crippen LogP contribution in [0.2, 0.25) is 0 Å². The number of carbonyl (C=O) groups excluding carboxylic acids is 4. The first-order valence-corrected chi connectivity index (χ1v) is 10.5. The van der Waals surface area contributed by atoms with Crippen molar-refractivity contribution in [2.24, 2.45) is 0 Å². The third-order valence-electron chi connectivity index (χ3n) is 5.84. The Bertz CT molecular complexity index is 1190. The fourth-order valence-electron chi connectivity index (χ4n) is 4.00. The van der Waals surface area contributed by atoms with Crippen LogP contribution in [0.3, 0.4) is 0 Å². The summed E-state index contributed by atoms with van der Waals surface area (Å²) in [6.07, 6.45) is 0.741. The van der Waals surface area contributed by atoms with Gasteiger partial charge in [0.15, 0.2) is 23.9 Å². The van der Waals surface area contributed by atoms with E-state index < -0.39 is 29.8 Å². The van der Waals surface area contributed by atoms with E-state index in [9.17, 15) is 19.2 Å². The molecule has 2 aromatic carbocycles. The smallest absolute Gasteiger partial charge is 0.325 e. The Morgan fingerprint density at radius 2 is 1.76 bits per heavy atom. The van der Waals surface area contributed by atoms with Crippen molar-refractivity contribution in [3.05, 3.63) is 47.5 Å². The van der Waals surface area contributed by atoms with E-state index in [-0.39, 0.29) is 18.1 Å². The van der Waals surface area contributed by atoms with E-state index in [1.165, 1.54) is 12.1 Å². The summed E-state index contributed by atoms with van der Waals surface area (Å²) in [6, 6.07) is 8.97. The van der Waals surface area contributed by atoms with Gasteiger partial charge in [-0.25, -0.2) is 4.79 Å². The van der Waals surface area contributed by atoms with Crippen LogP contribution < -0.4 is 24.8 Å². The monoisotopic (exact) mass is 451 g/mol. The normalized spacial score (nSPS) is 21.5. The number of ether oxygens (including phenoxy) is 3. The number of amides is 4. The molecule has 0 aromatic heterocycles. The fourth-order valence-corrected chi connectivity index (χ4v) is 4.00. The molecule has 1 atom stereocenters. The van der Waals surface area contributed by atoms with Gasteiger partial charge in [-0.2, -0.15) is 0 Å². The zero-order valence-electron chi connectivity index (χ0n) is 17.8. The Hall–Kier alpha value is -4.08. The molecular formula is C23H21N3O7. The number of nitrogens with zero attached hydrogens (tertiary/aromatic N) is 1. The molecule has 0 spiro atoms. The van der Waals surface area contributed by atoms with Gasteiger partial charge in [0.05, 0.1) is 25.4 Å². The van der Waals surface area contributed by atoms with E-state index in [1.54, 1.807) is 31.2 Å². The standard InChI is InChI=1S/C23H21N3O7/c1-23(14-4-6-18-19(10-14)32-8-2-7-31-18)21(29)26(22(30)25-23)11-16(27)13-3-5-17-15(9-13)24-20(28)12-33-17/h3-6,9-10H,2,7-8,11-12H2,1H3,(H,24,28)(H,25,30)/t23-/m0/s1. The first kappa shape index (κ1) is 20.8. The van der Waals surface area contributed by atoms with E-state index in [0.29, 0.717) is 41.7 Å². The maximum absolute atomic E-state index is 13.3. The lowest BCUT2D eigenvalue weighted by molar-refractivity contribution is -0.130. The average Bonchev–Trinajstić information content (AvgIpc) is 2.96. The molecule has 0 saturated carbocycles. The highest BCUT2D eigenvalue weighted by molar-refractivity contribution is 6.11. The summed E-state index contributed by atoms with van der Waals surface area (Å²) in [6.45, 7) is 2.07. The van der Waals surface area contributed by atoms with Gasteiger partial charge in [-0.3, -0.25) is 19.3 Å². The lowest BCUT2D eigenvalue weighted by Crippen LogP contribution is -2.41. The highest BCUT2D eigenvalue weighted by Gasteiger charge is 2.49. The fraction of sp³-hybridized carbons (Fsp3) is 0.304. The molecule has 3 aliphatic rings.